The molecule has 0 unspecified atom stereocenters. The van der Waals surface area contributed by atoms with Crippen molar-refractivity contribution in [2.75, 3.05) is 19.0 Å². The van der Waals surface area contributed by atoms with Gasteiger partial charge in [0.25, 0.3) is 4.88 Å². The van der Waals surface area contributed by atoms with Crippen LogP contribution in [0.5, 0.6) is 0 Å². The van der Waals surface area contributed by atoms with Gasteiger partial charge in [0.15, 0.2) is 0 Å². The Kier molecular flexibility index (Phi) is 6.22. The molecule has 0 radical (unpaired) electrons. The summed E-state index contributed by atoms with van der Waals surface area (Å²) < 4.78 is 0. The van der Waals surface area contributed by atoms with Crippen molar-refractivity contribution in [3.8, 4) is 31.5 Å². The molecule has 3 aromatic heterocycles. The Labute approximate surface area is 174 Å². The molecular weight excluding hydrogens is 392 g/mol. The van der Waals surface area contributed by atoms with Crippen LogP contribution >= 0.6 is 22.7 Å². The maximum absolute atomic E-state index is 4.55. The van der Waals surface area contributed by atoms with Crippen molar-refractivity contribution in [1.82, 2.24) is 4.98 Å². The fourth-order valence-corrected chi connectivity index (χ4v) is 4.70. The van der Waals surface area contributed by atoms with Crippen LogP contribution in [0.25, 0.3) is 31.5 Å². The van der Waals surface area contributed by atoms with Gasteiger partial charge < -0.3 is 17.3 Å². The first-order valence-electron chi connectivity index (χ1n) is 8.42. The van der Waals surface area contributed by atoms with E-state index in [0.717, 1.165) is 5.69 Å². The van der Waals surface area contributed by atoms with E-state index in [9.17, 15) is 0 Å². The minimum atomic E-state index is 0. The van der Waals surface area contributed by atoms with Gasteiger partial charge in [0.2, 0.25) is 16.2 Å². The molecule has 0 atom stereocenters. The van der Waals surface area contributed by atoms with E-state index in [-0.39, 0.29) is 12.4 Å². The van der Waals surface area contributed by atoms with Gasteiger partial charge in [-0.3, -0.25) is 4.98 Å². The maximum Gasteiger partial charge on any atom is 0.257 e. The number of rotatable bonds is 4. The Balaban J connectivity index is 0.00000210. The number of benzene rings is 1. The predicted molar refractivity (Wildman–Crippen MR) is 115 cm³/mol. The minimum absolute atomic E-state index is 0. The van der Waals surface area contributed by atoms with E-state index >= 15 is 0 Å². The van der Waals surface area contributed by atoms with Crippen LogP contribution in [-0.4, -0.2) is 19.1 Å². The molecule has 4 rings (SSSR count). The highest BCUT2D eigenvalue weighted by Gasteiger charge is 2.20. The van der Waals surface area contributed by atoms with Crippen molar-refractivity contribution >= 4 is 28.4 Å². The van der Waals surface area contributed by atoms with Crippen molar-refractivity contribution < 1.29 is 12.4 Å². The largest absolute Gasteiger partial charge is 1.00 e. The predicted octanol–water partition coefficient (Wildman–Crippen LogP) is 3.56. The Morgan fingerprint density at radius 2 is 1.63 bits per heavy atom. The number of aromatic nitrogens is 1. The van der Waals surface area contributed by atoms with Gasteiger partial charge in [0.1, 0.15) is 5.69 Å². The van der Waals surface area contributed by atoms with Gasteiger partial charge in [-0.2, -0.15) is 0 Å². The van der Waals surface area contributed by atoms with Crippen LogP contribution in [0.15, 0.2) is 78.3 Å². The van der Waals surface area contributed by atoms with Gasteiger partial charge in [-0.25, -0.2) is 0 Å². The Hall–Kier alpha value is -2.27. The molecule has 0 aliphatic carbocycles. The lowest BCUT2D eigenvalue weighted by Crippen LogP contribution is -3.00. The number of pyridine rings is 1. The minimum Gasteiger partial charge on any atom is -1.00 e. The van der Waals surface area contributed by atoms with Gasteiger partial charge in [-0.1, -0.05) is 24.3 Å². The van der Waals surface area contributed by atoms with E-state index in [2.05, 4.69) is 84.0 Å². The SMILES string of the molecule is CN(C)c1ccc(-c2cc(-c3ccccn3)[s+]c(-c3cccs3)c2)cc1.[Cl-]. The second kappa shape index (κ2) is 8.61. The summed E-state index contributed by atoms with van der Waals surface area (Å²) in [5, 5.41) is 2.13. The molecule has 0 aliphatic rings. The highest BCUT2D eigenvalue weighted by molar-refractivity contribution is 7.23. The lowest BCUT2D eigenvalue weighted by molar-refractivity contribution is -0.00000499. The van der Waals surface area contributed by atoms with Crippen LogP contribution in [0.4, 0.5) is 5.69 Å². The summed E-state index contributed by atoms with van der Waals surface area (Å²) >= 11 is 3.56. The molecule has 5 heteroatoms. The molecule has 0 amide bonds. The standard InChI is InChI=1S/C22H19N2S2.ClH/c1-24(2)18-10-8-16(9-11-18)17-14-21(19-6-3-4-12-23-19)26-22(15-17)20-7-5-13-25-20;/h3-15H,1-2H3;1H/q+1;/p-1. The van der Waals surface area contributed by atoms with Crippen LogP contribution in [0.3, 0.4) is 0 Å². The lowest BCUT2D eigenvalue weighted by atomic mass is 10.1. The molecule has 0 bridgehead atoms. The van der Waals surface area contributed by atoms with E-state index in [4.69, 9.17) is 0 Å². The van der Waals surface area contributed by atoms with E-state index in [0.29, 0.717) is 0 Å². The monoisotopic (exact) mass is 410 g/mol. The van der Waals surface area contributed by atoms with Gasteiger partial charge in [-0.05, 0) is 46.8 Å². The summed E-state index contributed by atoms with van der Waals surface area (Å²) in [5.41, 5.74) is 4.66. The molecule has 136 valence electrons. The van der Waals surface area contributed by atoms with Crippen molar-refractivity contribution in [3.05, 3.63) is 78.3 Å². The molecular formula is C22H19ClN2S2. The van der Waals surface area contributed by atoms with Gasteiger partial charge in [0, 0.05) is 38.1 Å². The van der Waals surface area contributed by atoms with Gasteiger partial charge >= 0.3 is 0 Å². The number of hydrogen-bond donors (Lipinski definition) is 0. The molecule has 2 nitrogen and oxygen atoms in total. The highest BCUT2D eigenvalue weighted by atomic mass is 35.5. The average Bonchev–Trinajstić information content (AvgIpc) is 3.23. The van der Waals surface area contributed by atoms with Crippen LogP contribution in [0, 0.1) is 0 Å². The molecule has 0 spiro atoms. The number of hydrogen-bond acceptors (Lipinski definition) is 3. The lowest BCUT2D eigenvalue weighted by Gasteiger charge is -2.12. The third-order valence-corrected chi connectivity index (χ3v) is 6.33. The normalized spacial score (nSPS) is 10.3. The number of thiophene rings is 1. The first-order valence-corrected chi connectivity index (χ1v) is 10.1. The molecule has 0 saturated heterocycles. The van der Waals surface area contributed by atoms with Crippen LogP contribution in [0.1, 0.15) is 0 Å². The molecule has 0 aliphatic heterocycles. The molecule has 0 N–H and O–H groups in total. The third-order valence-electron chi connectivity index (χ3n) is 4.19. The van der Waals surface area contributed by atoms with Gasteiger partial charge in [0.05, 0.1) is 4.88 Å². The molecule has 0 fully saturated rings. The molecule has 27 heavy (non-hydrogen) atoms. The van der Waals surface area contributed by atoms with Crippen LogP contribution < -0.4 is 17.3 Å². The van der Waals surface area contributed by atoms with E-state index in [1.165, 1.54) is 31.4 Å². The smallest absolute Gasteiger partial charge is 0.257 e. The number of anilines is 1. The summed E-state index contributed by atoms with van der Waals surface area (Å²) in [6, 6.07) is 23.6. The Morgan fingerprint density at radius 3 is 2.26 bits per heavy atom. The zero-order valence-corrected chi connectivity index (χ0v) is 17.5. The highest BCUT2D eigenvalue weighted by Crippen LogP contribution is 2.38. The molecule has 4 aromatic rings. The number of nitrogens with zero attached hydrogens (tertiary/aromatic N) is 2. The van der Waals surface area contributed by atoms with E-state index in [1.54, 1.807) is 22.7 Å². The average molecular weight is 411 g/mol. The molecule has 0 saturated carbocycles. The summed E-state index contributed by atoms with van der Waals surface area (Å²) in [7, 11) is 4.13. The Morgan fingerprint density at radius 1 is 0.852 bits per heavy atom. The third kappa shape index (κ3) is 4.35. The van der Waals surface area contributed by atoms with Crippen LogP contribution in [-0.2, 0) is 0 Å². The fraction of sp³-hybridized carbons (Fsp3) is 0.0909. The van der Waals surface area contributed by atoms with Crippen molar-refractivity contribution in [2.24, 2.45) is 0 Å². The van der Waals surface area contributed by atoms with E-state index in [1.807, 2.05) is 18.3 Å². The Bertz CT molecular complexity index is 998. The summed E-state index contributed by atoms with van der Waals surface area (Å²) in [5.74, 6) is 0. The first kappa shape index (κ1) is 19.5. The second-order valence-electron chi connectivity index (χ2n) is 6.21. The van der Waals surface area contributed by atoms with Crippen molar-refractivity contribution in [1.29, 1.82) is 0 Å². The summed E-state index contributed by atoms with van der Waals surface area (Å²) in [6.07, 6.45) is 1.85. The second-order valence-corrected chi connectivity index (χ2v) is 8.24. The molecule has 3 heterocycles. The topological polar surface area (TPSA) is 16.1 Å². The quantitative estimate of drug-likeness (QED) is 0.478. The van der Waals surface area contributed by atoms with E-state index < -0.39 is 0 Å². The van der Waals surface area contributed by atoms with Crippen LogP contribution in [0.2, 0.25) is 0 Å². The maximum atomic E-state index is 4.55. The zero-order chi connectivity index (χ0) is 17.9. The zero-order valence-electron chi connectivity index (χ0n) is 15.1. The molecule has 1 aromatic carbocycles. The summed E-state index contributed by atoms with van der Waals surface area (Å²) in [6.45, 7) is 0. The van der Waals surface area contributed by atoms with Gasteiger partial charge in [-0.15, -0.1) is 11.3 Å². The fourth-order valence-electron chi connectivity index (χ4n) is 2.80. The summed E-state index contributed by atoms with van der Waals surface area (Å²) in [4.78, 5) is 10.4. The first-order chi connectivity index (χ1) is 12.7. The van der Waals surface area contributed by atoms with Crippen molar-refractivity contribution in [2.45, 2.75) is 0 Å². The number of halogens is 1. The van der Waals surface area contributed by atoms with Crippen molar-refractivity contribution in [3.63, 3.8) is 0 Å².